The molecule has 0 saturated heterocycles. The van der Waals surface area contributed by atoms with Gasteiger partial charge in [0.05, 0.1) is 11.3 Å². The SMILES string of the molecule is COC1(CNc2cccnc2C(N)=S)CCC1. The zero-order chi connectivity index (χ0) is 12.3. The van der Waals surface area contributed by atoms with Crippen LogP contribution in [0.1, 0.15) is 25.0 Å². The molecule has 1 saturated carbocycles. The van der Waals surface area contributed by atoms with E-state index in [1.807, 2.05) is 12.1 Å². The molecule has 92 valence electrons. The van der Waals surface area contributed by atoms with Crippen LogP contribution in [-0.2, 0) is 4.74 Å². The molecule has 0 bridgehead atoms. The Hall–Kier alpha value is -1.20. The van der Waals surface area contributed by atoms with E-state index in [2.05, 4.69) is 10.3 Å². The van der Waals surface area contributed by atoms with Crippen molar-refractivity contribution in [3.8, 4) is 0 Å². The summed E-state index contributed by atoms with van der Waals surface area (Å²) in [5.74, 6) is 0. The van der Waals surface area contributed by atoms with Gasteiger partial charge in [0.25, 0.3) is 0 Å². The molecule has 0 aromatic carbocycles. The molecule has 0 spiro atoms. The van der Waals surface area contributed by atoms with Gasteiger partial charge in [-0.2, -0.15) is 0 Å². The number of nitrogens with zero attached hydrogens (tertiary/aromatic N) is 1. The van der Waals surface area contributed by atoms with Crippen LogP contribution in [-0.4, -0.2) is 29.2 Å². The lowest BCUT2D eigenvalue weighted by Gasteiger charge is -2.40. The topological polar surface area (TPSA) is 60.2 Å². The fraction of sp³-hybridized carbons (Fsp3) is 0.500. The van der Waals surface area contributed by atoms with E-state index in [0.717, 1.165) is 25.1 Å². The molecule has 0 amide bonds. The second kappa shape index (κ2) is 4.98. The first-order chi connectivity index (χ1) is 8.17. The second-order valence-electron chi connectivity index (χ2n) is 4.36. The summed E-state index contributed by atoms with van der Waals surface area (Å²) in [5, 5.41) is 3.33. The average Bonchev–Trinajstić information content (AvgIpc) is 2.28. The predicted octanol–water partition coefficient (Wildman–Crippen LogP) is 1.70. The molecule has 0 aliphatic heterocycles. The normalized spacial score (nSPS) is 17.2. The number of nitrogens with two attached hydrogens (primary N) is 1. The molecule has 1 aliphatic rings. The highest BCUT2D eigenvalue weighted by Crippen LogP contribution is 2.35. The van der Waals surface area contributed by atoms with Crippen molar-refractivity contribution in [3.05, 3.63) is 24.0 Å². The number of ether oxygens (including phenoxy) is 1. The Bertz CT molecular complexity index is 412. The van der Waals surface area contributed by atoms with Crippen LogP contribution in [0.2, 0.25) is 0 Å². The van der Waals surface area contributed by atoms with Gasteiger partial charge >= 0.3 is 0 Å². The van der Waals surface area contributed by atoms with Crippen LogP contribution in [0.3, 0.4) is 0 Å². The highest BCUT2D eigenvalue weighted by molar-refractivity contribution is 7.80. The summed E-state index contributed by atoms with van der Waals surface area (Å²) < 4.78 is 5.55. The maximum Gasteiger partial charge on any atom is 0.124 e. The number of thiocarbonyl (C=S) groups is 1. The first kappa shape index (κ1) is 12.3. The molecule has 3 N–H and O–H groups in total. The molecule has 2 rings (SSSR count). The van der Waals surface area contributed by atoms with Gasteiger partial charge in [0.1, 0.15) is 10.7 Å². The molecule has 5 heteroatoms. The lowest BCUT2D eigenvalue weighted by atomic mass is 9.80. The molecule has 1 heterocycles. The van der Waals surface area contributed by atoms with Crippen LogP contribution >= 0.6 is 12.2 Å². The molecule has 0 unspecified atom stereocenters. The van der Waals surface area contributed by atoms with Crippen molar-refractivity contribution in [2.75, 3.05) is 19.0 Å². The number of rotatable bonds is 5. The number of hydrogen-bond donors (Lipinski definition) is 2. The maximum atomic E-state index is 5.63. The van der Waals surface area contributed by atoms with Crippen LogP contribution in [0.4, 0.5) is 5.69 Å². The van der Waals surface area contributed by atoms with Gasteiger partial charge in [0, 0.05) is 19.9 Å². The molecule has 1 aromatic heterocycles. The Balaban J connectivity index is 2.06. The van der Waals surface area contributed by atoms with E-state index >= 15 is 0 Å². The Morgan fingerprint density at radius 1 is 1.65 bits per heavy atom. The number of anilines is 1. The molecule has 0 radical (unpaired) electrons. The minimum atomic E-state index is -0.0245. The minimum absolute atomic E-state index is 0.0245. The fourth-order valence-corrected chi connectivity index (χ4v) is 2.19. The Labute approximate surface area is 107 Å². The third-order valence-electron chi connectivity index (χ3n) is 3.34. The van der Waals surface area contributed by atoms with Gasteiger partial charge in [-0.05, 0) is 31.4 Å². The molecule has 1 fully saturated rings. The quantitative estimate of drug-likeness (QED) is 0.780. The van der Waals surface area contributed by atoms with Gasteiger partial charge in [-0.3, -0.25) is 4.98 Å². The van der Waals surface area contributed by atoms with Crippen molar-refractivity contribution in [1.82, 2.24) is 4.98 Å². The lowest BCUT2D eigenvalue weighted by Crippen LogP contribution is -2.45. The molecule has 17 heavy (non-hydrogen) atoms. The standard InChI is InChI=1S/C12H17N3OS/c1-16-12(5-3-6-12)8-15-9-4-2-7-14-10(9)11(13)17/h2,4,7,15H,3,5-6,8H2,1H3,(H2,13,17). The van der Waals surface area contributed by atoms with E-state index in [9.17, 15) is 0 Å². The van der Waals surface area contributed by atoms with Crippen LogP contribution in [0.15, 0.2) is 18.3 Å². The van der Waals surface area contributed by atoms with E-state index in [1.165, 1.54) is 6.42 Å². The number of methoxy groups -OCH3 is 1. The monoisotopic (exact) mass is 251 g/mol. The van der Waals surface area contributed by atoms with Gasteiger partial charge < -0.3 is 15.8 Å². The fourth-order valence-electron chi connectivity index (χ4n) is 2.02. The van der Waals surface area contributed by atoms with Crippen LogP contribution in [0, 0.1) is 0 Å². The smallest absolute Gasteiger partial charge is 0.124 e. The van der Waals surface area contributed by atoms with Gasteiger partial charge in [0.2, 0.25) is 0 Å². The highest BCUT2D eigenvalue weighted by Gasteiger charge is 2.36. The van der Waals surface area contributed by atoms with Crippen molar-refractivity contribution in [2.24, 2.45) is 5.73 Å². The van der Waals surface area contributed by atoms with E-state index in [4.69, 9.17) is 22.7 Å². The van der Waals surface area contributed by atoms with Crippen LogP contribution < -0.4 is 11.1 Å². The molecular formula is C12H17N3OS. The van der Waals surface area contributed by atoms with Crippen molar-refractivity contribution < 1.29 is 4.74 Å². The maximum absolute atomic E-state index is 5.63. The lowest BCUT2D eigenvalue weighted by molar-refractivity contribution is -0.0601. The predicted molar refractivity (Wildman–Crippen MR) is 72.2 cm³/mol. The largest absolute Gasteiger partial charge is 0.388 e. The summed E-state index contributed by atoms with van der Waals surface area (Å²) in [6.45, 7) is 0.769. The summed E-state index contributed by atoms with van der Waals surface area (Å²) in [6, 6.07) is 3.80. The summed E-state index contributed by atoms with van der Waals surface area (Å²) in [6.07, 6.45) is 5.11. The molecular weight excluding hydrogens is 234 g/mol. The van der Waals surface area contributed by atoms with E-state index in [1.54, 1.807) is 13.3 Å². The van der Waals surface area contributed by atoms with Crippen molar-refractivity contribution >= 4 is 22.9 Å². The van der Waals surface area contributed by atoms with Gasteiger partial charge in [-0.25, -0.2) is 0 Å². The van der Waals surface area contributed by atoms with Crippen LogP contribution in [0.5, 0.6) is 0 Å². The van der Waals surface area contributed by atoms with Gasteiger partial charge in [0.15, 0.2) is 0 Å². The average molecular weight is 251 g/mol. The number of pyridine rings is 1. The Kier molecular flexibility index (Phi) is 3.59. The Morgan fingerprint density at radius 3 is 2.94 bits per heavy atom. The van der Waals surface area contributed by atoms with E-state index < -0.39 is 0 Å². The van der Waals surface area contributed by atoms with Crippen molar-refractivity contribution in [2.45, 2.75) is 24.9 Å². The molecule has 1 aliphatic carbocycles. The molecule has 0 atom stereocenters. The summed E-state index contributed by atoms with van der Waals surface area (Å²) in [7, 11) is 1.76. The highest BCUT2D eigenvalue weighted by atomic mass is 32.1. The van der Waals surface area contributed by atoms with E-state index in [0.29, 0.717) is 10.7 Å². The third-order valence-corrected chi connectivity index (χ3v) is 3.53. The van der Waals surface area contributed by atoms with E-state index in [-0.39, 0.29) is 5.60 Å². The summed E-state index contributed by atoms with van der Waals surface area (Å²) in [5.41, 5.74) is 7.13. The Morgan fingerprint density at radius 2 is 2.41 bits per heavy atom. The number of aromatic nitrogens is 1. The van der Waals surface area contributed by atoms with Gasteiger partial charge in [-0.1, -0.05) is 12.2 Å². The minimum Gasteiger partial charge on any atom is -0.388 e. The number of hydrogen-bond acceptors (Lipinski definition) is 4. The molecule has 4 nitrogen and oxygen atoms in total. The second-order valence-corrected chi connectivity index (χ2v) is 4.80. The van der Waals surface area contributed by atoms with Gasteiger partial charge in [-0.15, -0.1) is 0 Å². The number of nitrogens with one attached hydrogen (secondary N) is 1. The summed E-state index contributed by atoms with van der Waals surface area (Å²) >= 11 is 4.97. The zero-order valence-electron chi connectivity index (χ0n) is 9.90. The first-order valence-electron chi connectivity index (χ1n) is 5.71. The molecule has 1 aromatic rings. The third kappa shape index (κ3) is 2.56. The summed E-state index contributed by atoms with van der Waals surface area (Å²) in [4.78, 5) is 4.49. The zero-order valence-corrected chi connectivity index (χ0v) is 10.7. The first-order valence-corrected chi connectivity index (χ1v) is 6.11. The van der Waals surface area contributed by atoms with Crippen molar-refractivity contribution in [3.63, 3.8) is 0 Å². The van der Waals surface area contributed by atoms with Crippen LogP contribution in [0.25, 0.3) is 0 Å². The van der Waals surface area contributed by atoms with Crippen molar-refractivity contribution in [1.29, 1.82) is 0 Å².